The highest BCUT2D eigenvalue weighted by atomic mass is 35.5. The van der Waals surface area contributed by atoms with E-state index in [9.17, 15) is 8.78 Å². The Hall–Kier alpha value is -0.130. The molecule has 1 atom stereocenters. The van der Waals surface area contributed by atoms with Crippen molar-refractivity contribution in [3.05, 3.63) is 34.4 Å². The predicted molar refractivity (Wildman–Crippen MR) is 99.6 cm³/mol. The maximum Gasteiger partial charge on any atom is 0.142 e. The molecule has 1 saturated carbocycles. The van der Waals surface area contributed by atoms with E-state index < -0.39 is 5.82 Å². The molecule has 1 N–H and O–H groups in total. The lowest BCUT2D eigenvalue weighted by atomic mass is 9.80. The van der Waals surface area contributed by atoms with Crippen LogP contribution in [0.5, 0.6) is 0 Å². The first-order valence-electron chi connectivity index (χ1n) is 8.26. The van der Waals surface area contributed by atoms with Gasteiger partial charge in [0, 0.05) is 37.8 Å². The Kier molecular flexibility index (Phi) is 9.24. The minimum absolute atomic E-state index is 0. The Labute approximate surface area is 160 Å². The van der Waals surface area contributed by atoms with E-state index in [1.807, 2.05) is 0 Å². The molecule has 0 bridgehead atoms. The van der Waals surface area contributed by atoms with Gasteiger partial charge in [-0.3, -0.25) is 4.90 Å². The van der Waals surface area contributed by atoms with E-state index in [2.05, 4.69) is 10.2 Å². The SMILES string of the molecule is Cl.Cl.Fc1ccc(F)c([C@@H](C2CCCCC2)N2CCNCC2)c1Cl. The van der Waals surface area contributed by atoms with Crippen LogP contribution in [0.25, 0.3) is 0 Å². The van der Waals surface area contributed by atoms with E-state index in [4.69, 9.17) is 11.6 Å². The van der Waals surface area contributed by atoms with Gasteiger partial charge >= 0.3 is 0 Å². The smallest absolute Gasteiger partial charge is 0.142 e. The number of hydrogen-bond donors (Lipinski definition) is 1. The third-order valence-electron chi connectivity index (χ3n) is 5.02. The van der Waals surface area contributed by atoms with Crippen molar-refractivity contribution in [1.82, 2.24) is 10.2 Å². The Bertz CT molecular complexity index is 501. The van der Waals surface area contributed by atoms with Crippen molar-refractivity contribution in [3.63, 3.8) is 0 Å². The Morgan fingerprint density at radius 1 is 1.00 bits per heavy atom. The van der Waals surface area contributed by atoms with Crippen LogP contribution in [0.15, 0.2) is 12.1 Å². The molecule has 2 aliphatic rings. The van der Waals surface area contributed by atoms with Gasteiger partial charge in [-0.1, -0.05) is 30.9 Å². The minimum Gasteiger partial charge on any atom is -0.314 e. The zero-order valence-corrected chi connectivity index (χ0v) is 16.0. The summed E-state index contributed by atoms with van der Waals surface area (Å²) in [5, 5.41) is 3.29. The summed E-state index contributed by atoms with van der Waals surface area (Å²) in [5.41, 5.74) is 0.371. The fourth-order valence-electron chi connectivity index (χ4n) is 3.94. The van der Waals surface area contributed by atoms with Crippen molar-refractivity contribution in [2.24, 2.45) is 5.92 Å². The van der Waals surface area contributed by atoms with Gasteiger partial charge in [0.25, 0.3) is 0 Å². The van der Waals surface area contributed by atoms with Crippen molar-refractivity contribution >= 4 is 36.4 Å². The summed E-state index contributed by atoms with van der Waals surface area (Å²) in [4.78, 5) is 2.29. The number of benzene rings is 1. The third kappa shape index (κ3) is 4.73. The lowest BCUT2D eigenvalue weighted by Gasteiger charge is -2.41. The topological polar surface area (TPSA) is 15.3 Å². The van der Waals surface area contributed by atoms with Crippen LogP contribution in [0, 0.1) is 17.6 Å². The maximum atomic E-state index is 14.5. The van der Waals surface area contributed by atoms with Crippen LogP contribution in [-0.4, -0.2) is 31.1 Å². The Balaban J connectivity index is 0.00000144. The van der Waals surface area contributed by atoms with Gasteiger partial charge in [0.1, 0.15) is 11.6 Å². The molecular formula is C17H25Cl3F2N2. The lowest BCUT2D eigenvalue weighted by molar-refractivity contribution is 0.100. The van der Waals surface area contributed by atoms with Gasteiger partial charge in [0.2, 0.25) is 0 Å². The lowest BCUT2D eigenvalue weighted by Crippen LogP contribution is -2.47. The summed E-state index contributed by atoms with van der Waals surface area (Å²) < 4.78 is 28.4. The molecule has 0 unspecified atom stereocenters. The predicted octanol–water partition coefficient (Wildman–Crippen LogP) is 4.99. The highest BCUT2D eigenvalue weighted by Crippen LogP contribution is 2.42. The highest BCUT2D eigenvalue weighted by Gasteiger charge is 2.34. The number of piperazine rings is 1. The Morgan fingerprint density at radius 2 is 1.58 bits per heavy atom. The molecule has 24 heavy (non-hydrogen) atoms. The minimum atomic E-state index is -0.519. The molecule has 7 heteroatoms. The summed E-state index contributed by atoms with van der Waals surface area (Å²) in [6.45, 7) is 3.48. The average Bonchev–Trinajstić information content (AvgIpc) is 2.57. The largest absolute Gasteiger partial charge is 0.314 e. The third-order valence-corrected chi connectivity index (χ3v) is 5.40. The number of rotatable bonds is 3. The molecule has 1 aliphatic carbocycles. The summed E-state index contributed by atoms with van der Waals surface area (Å²) >= 11 is 6.17. The van der Waals surface area contributed by atoms with Crippen LogP contribution in [0.3, 0.4) is 0 Å². The first-order valence-corrected chi connectivity index (χ1v) is 8.64. The quantitative estimate of drug-likeness (QED) is 0.718. The molecule has 2 nitrogen and oxygen atoms in total. The molecule has 1 aliphatic heterocycles. The molecule has 1 aromatic rings. The monoisotopic (exact) mass is 400 g/mol. The van der Waals surface area contributed by atoms with E-state index in [0.717, 1.165) is 45.1 Å². The van der Waals surface area contributed by atoms with Gasteiger partial charge in [-0.15, -0.1) is 24.8 Å². The Morgan fingerprint density at radius 3 is 2.21 bits per heavy atom. The van der Waals surface area contributed by atoms with Crippen LogP contribution < -0.4 is 5.32 Å². The van der Waals surface area contributed by atoms with E-state index >= 15 is 0 Å². The number of hydrogen-bond acceptors (Lipinski definition) is 2. The molecule has 3 rings (SSSR count). The van der Waals surface area contributed by atoms with Gasteiger partial charge in [-0.2, -0.15) is 0 Å². The van der Waals surface area contributed by atoms with E-state index in [0.29, 0.717) is 11.5 Å². The normalized spacial score (nSPS) is 20.8. The molecule has 0 spiro atoms. The van der Waals surface area contributed by atoms with Crippen molar-refractivity contribution in [2.75, 3.05) is 26.2 Å². The van der Waals surface area contributed by atoms with Crippen LogP contribution in [0.1, 0.15) is 43.7 Å². The van der Waals surface area contributed by atoms with Gasteiger partial charge < -0.3 is 5.32 Å². The molecule has 0 radical (unpaired) electrons. The molecule has 138 valence electrons. The molecular weight excluding hydrogens is 377 g/mol. The standard InChI is InChI=1S/C17H23ClF2N2.2ClH/c18-16-14(20)7-6-13(19)15(16)17(12-4-2-1-3-5-12)22-10-8-21-9-11-22;;/h6-7,12,17,21H,1-5,8-11H2;2*1H/t17-;;/m1../s1. The fraction of sp³-hybridized carbons (Fsp3) is 0.647. The first-order chi connectivity index (χ1) is 10.7. The van der Waals surface area contributed by atoms with Gasteiger partial charge in [-0.25, -0.2) is 8.78 Å². The summed E-state index contributed by atoms with van der Waals surface area (Å²) in [6, 6.07) is 2.23. The molecule has 0 amide bonds. The number of nitrogens with one attached hydrogen (secondary N) is 1. The first kappa shape index (κ1) is 21.9. The van der Waals surface area contributed by atoms with Crippen LogP contribution in [0.4, 0.5) is 8.78 Å². The van der Waals surface area contributed by atoms with Crippen LogP contribution in [0.2, 0.25) is 5.02 Å². The van der Waals surface area contributed by atoms with Gasteiger partial charge in [-0.05, 0) is 30.9 Å². The fourth-order valence-corrected chi connectivity index (χ4v) is 4.21. The van der Waals surface area contributed by atoms with Gasteiger partial charge in [0.05, 0.1) is 5.02 Å². The van der Waals surface area contributed by atoms with E-state index in [1.54, 1.807) is 0 Å². The van der Waals surface area contributed by atoms with Crippen LogP contribution >= 0.6 is 36.4 Å². The molecule has 2 fully saturated rings. The average molecular weight is 402 g/mol. The molecule has 1 aromatic carbocycles. The zero-order chi connectivity index (χ0) is 15.5. The summed E-state index contributed by atoms with van der Waals surface area (Å²) in [7, 11) is 0. The maximum absolute atomic E-state index is 14.5. The molecule has 1 saturated heterocycles. The van der Waals surface area contributed by atoms with Crippen molar-refractivity contribution < 1.29 is 8.78 Å². The van der Waals surface area contributed by atoms with Crippen molar-refractivity contribution in [3.8, 4) is 0 Å². The summed E-state index contributed by atoms with van der Waals surface area (Å²) in [5.74, 6) is -0.532. The van der Waals surface area contributed by atoms with Crippen molar-refractivity contribution in [2.45, 2.75) is 38.1 Å². The highest BCUT2D eigenvalue weighted by molar-refractivity contribution is 6.31. The second-order valence-electron chi connectivity index (χ2n) is 6.39. The summed E-state index contributed by atoms with van der Waals surface area (Å²) in [6.07, 6.45) is 5.72. The van der Waals surface area contributed by atoms with E-state index in [1.165, 1.54) is 25.3 Å². The van der Waals surface area contributed by atoms with Crippen LogP contribution in [-0.2, 0) is 0 Å². The second kappa shape index (κ2) is 10.1. The zero-order valence-electron chi connectivity index (χ0n) is 13.6. The second-order valence-corrected chi connectivity index (χ2v) is 6.76. The van der Waals surface area contributed by atoms with E-state index in [-0.39, 0.29) is 41.7 Å². The molecule has 1 heterocycles. The number of halogens is 5. The molecule has 0 aromatic heterocycles. The number of nitrogens with zero attached hydrogens (tertiary/aromatic N) is 1. The van der Waals surface area contributed by atoms with Gasteiger partial charge in [0.15, 0.2) is 0 Å². The van der Waals surface area contributed by atoms with Crippen molar-refractivity contribution in [1.29, 1.82) is 0 Å².